The van der Waals surface area contributed by atoms with Gasteiger partial charge in [0.05, 0.1) is 17.8 Å². The smallest absolute Gasteiger partial charge is 0.313 e. The summed E-state index contributed by atoms with van der Waals surface area (Å²) < 4.78 is 6.19. The summed E-state index contributed by atoms with van der Waals surface area (Å²) in [6.45, 7) is 1.94. The van der Waals surface area contributed by atoms with Crippen LogP contribution in [0.15, 0.2) is 24.4 Å². The van der Waals surface area contributed by atoms with Gasteiger partial charge in [0.2, 0.25) is 0 Å². The van der Waals surface area contributed by atoms with E-state index < -0.39 is 5.97 Å². The van der Waals surface area contributed by atoms with Crippen molar-refractivity contribution < 1.29 is 19.2 Å². The monoisotopic (exact) mass is 295 g/mol. The molecule has 106 valence electrons. The number of Topliss-reactive ketones (excluding diaryl/α,β-unsaturated/α-hetero) is 1. The number of para-hydroxylation sites is 1. The molecular formula is C14H14ClNO4. The number of fused-ring (bicyclic) bond motifs is 1. The Bertz CT molecular complexity index is 662. The highest BCUT2D eigenvalue weighted by Crippen LogP contribution is 2.28. The van der Waals surface area contributed by atoms with Crippen LogP contribution in [0.5, 0.6) is 0 Å². The SMILES string of the molecule is CCOC(=O)CC(=O)c1cn(OC)c2c(Cl)cccc12. The van der Waals surface area contributed by atoms with Crippen LogP contribution in [-0.4, -0.2) is 30.2 Å². The molecule has 0 aliphatic heterocycles. The number of ketones is 1. The summed E-state index contributed by atoms with van der Waals surface area (Å²) >= 11 is 6.11. The molecule has 0 saturated heterocycles. The molecule has 0 unspecified atom stereocenters. The second kappa shape index (κ2) is 5.96. The fraction of sp³-hybridized carbons (Fsp3) is 0.286. The fourth-order valence-corrected chi connectivity index (χ4v) is 2.27. The second-order valence-corrected chi connectivity index (χ2v) is 4.50. The molecule has 0 spiro atoms. The molecule has 0 bridgehead atoms. The van der Waals surface area contributed by atoms with Crippen LogP contribution in [0.1, 0.15) is 23.7 Å². The molecule has 1 aromatic carbocycles. The van der Waals surface area contributed by atoms with Crippen molar-refractivity contribution >= 4 is 34.3 Å². The summed E-state index contributed by atoms with van der Waals surface area (Å²) in [6.07, 6.45) is 1.22. The zero-order valence-corrected chi connectivity index (χ0v) is 11.9. The number of nitrogens with zero attached hydrogens (tertiary/aromatic N) is 1. The third kappa shape index (κ3) is 2.63. The third-order valence-electron chi connectivity index (χ3n) is 2.85. The Balaban J connectivity index is 2.42. The first-order valence-corrected chi connectivity index (χ1v) is 6.49. The Kier molecular flexibility index (Phi) is 4.29. The molecule has 1 heterocycles. The van der Waals surface area contributed by atoms with Crippen molar-refractivity contribution in [2.24, 2.45) is 0 Å². The average Bonchev–Trinajstić information content (AvgIpc) is 2.79. The predicted octanol–water partition coefficient (Wildman–Crippen LogP) is 2.49. The number of halogens is 1. The molecule has 0 N–H and O–H groups in total. The topological polar surface area (TPSA) is 57.5 Å². The number of ether oxygens (including phenoxy) is 1. The maximum Gasteiger partial charge on any atom is 0.313 e. The average molecular weight is 296 g/mol. The van der Waals surface area contributed by atoms with E-state index in [1.165, 1.54) is 18.0 Å². The first kappa shape index (κ1) is 14.4. The second-order valence-electron chi connectivity index (χ2n) is 4.09. The summed E-state index contributed by atoms with van der Waals surface area (Å²) in [6, 6.07) is 5.21. The molecule has 2 rings (SSSR count). The highest BCUT2D eigenvalue weighted by Gasteiger charge is 2.20. The minimum Gasteiger partial charge on any atom is -0.466 e. The van der Waals surface area contributed by atoms with Crippen LogP contribution in [0.4, 0.5) is 0 Å². The van der Waals surface area contributed by atoms with Gasteiger partial charge < -0.3 is 9.57 Å². The van der Waals surface area contributed by atoms with Crippen LogP contribution >= 0.6 is 11.6 Å². The molecule has 0 aliphatic carbocycles. The van der Waals surface area contributed by atoms with E-state index in [2.05, 4.69) is 0 Å². The van der Waals surface area contributed by atoms with Gasteiger partial charge in [0.15, 0.2) is 5.78 Å². The maximum atomic E-state index is 12.2. The molecule has 0 radical (unpaired) electrons. The Morgan fingerprint density at radius 3 is 2.75 bits per heavy atom. The van der Waals surface area contributed by atoms with Gasteiger partial charge in [-0.3, -0.25) is 9.59 Å². The lowest BCUT2D eigenvalue weighted by atomic mass is 10.1. The minimum atomic E-state index is -0.544. The molecule has 2 aromatic rings. The van der Waals surface area contributed by atoms with E-state index in [0.717, 1.165) is 0 Å². The lowest BCUT2D eigenvalue weighted by Crippen LogP contribution is -2.11. The van der Waals surface area contributed by atoms with E-state index in [1.54, 1.807) is 25.1 Å². The van der Waals surface area contributed by atoms with Gasteiger partial charge >= 0.3 is 5.97 Å². The van der Waals surface area contributed by atoms with Crippen LogP contribution in [0.2, 0.25) is 5.02 Å². The zero-order chi connectivity index (χ0) is 14.7. The number of rotatable bonds is 5. The van der Waals surface area contributed by atoms with Crippen LogP contribution in [0.25, 0.3) is 10.9 Å². The summed E-state index contributed by atoms with van der Waals surface area (Å²) in [5.41, 5.74) is 0.987. The van der Waals surface area contributed by atoms with Crippen LogP contribution < -0.4 is 4.84 Å². The Morgan fingerprint density at radius 2 is 2.10 bits per heavy atom. The largest absolute Gasteiger partial charge is 0.466 e. The number of carbonyl (C=O) groups is 2. The van der Waals surface area contributed by atoms with Crippen molar-refractivity contribution in [1.82, 2.24) is 4.73 Å². The molecule has 20 heavy (non-hydrogen) atoms. The van der Waals surface area contributed by atoms with Crippen molar-refractivity contribution in [3.05, 3.63) is 35.0 Å². The summed E-state index contributed by atoms with van der Waals surface area (Å²) in [5.74, 6) is -0.871. The van der Waals surface area contributed by atoms with Crippen LogP contribution in [0, 0.1) is 0 Å². The van der Waals surface area contributed by atoms with Gasteiger partial charge in [-0.15, -0.1) is 0 Å². The van der Waals surface area contributed by atoms with E-state index >= 15 is 0 Å². The molecule has 5 nitrogen and oxygen atoms in total. The minimum absolute atomic E-state index is 0.248. The van der Waals surface area contributed by atoms with Gasteiger partial charge in [-0.25, -0.2) is 0 Å². The molecule has 0 amide bonds. The van der Waals surface area contributed by atoms with E-state index in [1.807, 2.05) is 0 Å². The van der Waals surface area contributed by atoms with E-state index in [4.69, 9.17) is 21.2 Å². The first-order valence-electron chi connectivity index (χ1n) is 6.11. The van der Waals surface area contributed by atoms with Crippen LogP contribution in [-0.2, 0) is 9.53 Å². The number of hydrogen-bond donors (Lipinski definition) is 0. The van der Waals surface area contributed by atoms with E-state index in [-0.39, 0.29) is 18.8 Å². The zero-order valence-electron chi connectivity index (χ0n) is 11.2. The van der Waals surface area contributed by atoms with E-state index in [0.29, 0.717) is 21.5 Å². The normalized spacial score (nSPS) is 10.6. The Hall–Kier alpha value is -2.01. The fourth-order valence-electron chi connectivity index (χ4n) is 2.01. The number of esters is 1. The van der Waals surface area contributed by atoms with Crippen molar-refractivity contribution in [2.75, 3.05) is 13.7 Å². The number of aromatic nitrogens is 1. The third-order valence-corrected chi connectivity index (χ3v) is 3.16. The molecule has 0 atom stereocenters. The maximum absolute atomic E-state index is 12.2. The van der Waals surface area contributed by atoms with Gasteiger partial charge in [-0.2, -0.15) is 4.73 Å². The summed E-state index contributed by atoms with van der Waals surface area (Å²) in [4.78, 5) is 28.7. The summed E-state index contributed by atoms with van der Waals surface area (Å²) in [5, 5.41) is 1.12. The van der Waals surface area contributed by atoms with Crippen molar-refractivity contribution in [2.45, 2.75) is 13.3 Å². The predicted molar refractivity (Wildman–Crippen MR) is 75.0 cm³/mol. The van der Waals surface area contributed by atoms with Crippen molar-refractivity contribution in [3.63, 3.8) is 0 Å². The quantitative estimate of drug-likeness (QED) is 0.483. The number of carbonyl (C=O) groups excluding carboxylic acids is 2. The first-order chi connectivity index (χ1) is 9.58. The highest BCUT2D eigenvalue weighted by atomic mass is 35.5. The molecule has 0 aliphatic rings. The van der Waals surface area contributed by atoms with Gasteiger partial charge in [0.25, 0.3) is 0 Å². The Morgan fingerprint density at radius 1 is 1.35 bits per heavy atom. The molecule has 0 fully saturated rings. The molecule has 1 aromatic heterocycles. The highest BCUT2D eigenvalue weighted by molar-refractivity contribution is 6.35. The van der Waals surface area contributed by atoms with Crippen LogP contribution in [0.3, 0.4) is 0 Å². The van der Waals surface area contributed by atoms with Gasteiger partial charge in [-0.1, -0.05) is 23.7 Å². The lowest BCUT2D eigenvalue weighted by molar-refractivity contribution is -0.141. The molecule has 6 heteroatoms. The van der Waals surface area contributed by atoms with Gasteiger partial charge in [0.1, 0.15) is 19.0 Å². The van der Waals surface area contributed by atoms with Gasteiger partial charge in [-0.05, 0) is 13.0 Å². The van der Waals surface area contributed by atoms with Gasteiger partial charge in [0, 0.05) is 10.9 Å². The Labute approximate surface area is 121 Å². The van der Waals surface area contributed by atoms with E-state index in [9.17, 15) is 9.59 Å². The lowest BCUT2D eigenvalue weighted by Gasteiger charge is -2.02. The summed E-state index contributed by atoms with van der Waals surface area (Å²) in [7, 11) is 1.47. The molecular weight excluding hydrogens is 282 g/mol. The van der Waals surface area contributed by atoms with Crippen molar-refractivity contribution in [1.29, 1.82) is 0 Å². The standard InChI is InChI=1S/C14H14ClNO4/c1-3-20-13(18)7-12(17)10-8-16(19-2)14-9(10)5-4-6-11(14)15/h4-6,8H,3,7H2,1-2H3. The van der Waals surface area contributed by atoms with Crippen molar-refractivity contribution in [3.8, 4) is 0 Å². The molecule has 0 saturated carbocycles. The number of benzene rings is 1. The number of hydrogen-bond acceptors (Lipinski definition) is 4.